The summed E-state index contributed by atoms with van der Waals surface area (Å²) in [5.74, 6) is 0.771. The molecule has 0 aliphatic rings. The first-order chi connectivity index (χ1) is 12.6. The van der Waals surface area contributed by atoms with Crippen LogP contribution >= 0.6 is 0 Å². The predicted octanol–water partition coefficient (Wildman–Crippen LogP) is 4.36. The molecule has 0 spiro atoms. The smallest absolute Gasteiger partial charge is 0.340 e. The first-order valence-electron chi connectivity index (χ1n) is 7.95. The average molecular weight is 350 g/mol. The Balaban J connectivity index is 1.78. The minimum Gasteiger partial charge on any atom is -0.494 e. The zero-order valence-electron chi connectivity index (χ0n) is 14.4. The Morgan fingerprint density at radius 2 is 1.73 bits per heavy atom. The second-order valence-corrected chi connectivity index (χ2v) is 5.55. The molecule has 0 aliphatic heterocycles. The zero-order chi connectivity index (χ0) is 18.5. The molecular formula is C20H18N2O4. The summed E-state index contributed by atoms with van der Waals surface area (Å²) in [6, 6.07) is 16.6. The highest BCUT2D eigenvalue weighted by Gasteiger charge is 2.20. The van der Waals surface area contributed by atoms with Crippen LogP contribution in [0.2, 0.25) is 0 Å². The Hall–Kier alpha value is -3.54. The first kappa shape index (κ1) is 17.3. The van der Waals surface area contributed by atoms with Gasteiger partial charge in [-0.05, 0) is 43.3 Å². The van der Waals surface area contributed by atoms with Crippen molar-refractivity contribution in [2.45, 2.75) is 6.92 Å². The van der Waals surface area contributed by atoms with E-state index in [1.165, 1.54) is 13.3 Å². The van der Waals surface area contributed by atoms with Gasteiger partial charge in [-0.2, -0.15) is 0 Å². The molecule has 6 nitrogen and oxygen atoms in total. The fourth-order valence-corrected chi connectivity index (χ4v) is 2.48. The number of aliphatic imine (C=N–C) groups is 1. The van der Waals surface area contributed by atoms with E-state index in [0.29, 0.717) is 22.7 Å². The highest BCUT2D eigenvalue weighted by atomic mass is 16.5. The monoisotopic (exact) mass is 350 g/mol. The number of esters is 1. The third kappa shape index (κ3) is 3.75. The number of aromatic hydroxyl groups is 1. The molecule has 0 fully saturated rings. The predicted molar refractivity (Wildman–Crippen MR) is 98.7 cm³/mol. The van der Waals surface area contributed by atoms with Crippen LogP contribution in [-0.4, -0.2) is 29.4 Å². The lowest BCUT2D eigenvalue weighted by atomic mass is 10.1. The van der Waals surface area contributed by atoms with E-state index in [1.807, 2.05) is 30.3 Å². The Morgan fingerprint density at radius 1 is 1.08 bits per heavy atom. The van der Waals surface area contributed by atoms with Crippen molar-refractivity contribution in [1.82, 2.24) is 4.98 Å². The molecule has 1 heterocycles. The van der Waals surface area contributed by atoms with Crippen LogP contribution in [0.3, 0.4) is 0 Å². The number of benzene rings is 2. The number of para-hydroxylation sites is 1. The molecule has 0 amide bonds. The maximum absolute atomic E-state index is 11.9. The van der Waals surface area contributed by atoms with Gasteiger partial charge in [-0.1, -0.05) is 18.2 Å². The van der Waals surface area contributed by atoms with Gasteiger partial charge >= 0.3 is 5.97 Å². The molecule has 6 heteroatoms. The number of ether oxygens (including phenoxy) is 2. The van der Waals surface area contributed by atoms with Crippen LogP contribution in [0.15, 0.2) is 59.6 Å². The van der Waals surface area contributed by atoms with Crippen LogP contribution in [0.25, 0.3) is 0 Å². The Kier molecular flexibility index (Phi) is 5.03. The number of nitrogens with zero attached hydrogens (tertiary/aromatic N) is 1. The standard InChI is InChI=1S/C20H18N2O4/c1-13-18(20(24)25-2)17(19(23)22-13)12-21-14-8-10-16(11-9-14)26-15-6-4-3-5-7-15/h3-12,22-23H,1-2H3. The van der Waals surface area contributed by atoms with Gasteiger partial charge in [0.25, 0.3) is 0 Å². The van der Waals surface area contributed by atoms with E-state index in [2.05, 4.69) is 9.98 Å². The van der Waals surface area contributed by atoms with Gasteiger partial charge in [-0.15, -0.1) is 0 Å². The van der Waals surface area contributed by atoms with E-state index < -0.39 is 5.97 Å². The maximum Gasteiger partial charge on any atom is 0.340 e. The molecule has 0 atom stereocenters. The summed E-state index contributed by atoms with van der Waals surface area (Å²) in [4.78, 5) is 18.9. The summed E-state index contributed by atoms with van der Waals surface area (Å²) in [6.45, 7) is 1.68. The summed E-state index contributed by atoms with van der Waals surface area (Å²) < 4.78 is 10.5. The molecule has 3 rings (SSSR count). The third-order valence-corrected chi connectivity index (χ3v) is 3.75. The van der Waals surface area contributed by atoms with Crippen molar-refractivity contribution in [2.75, 3.05) is 7.11 Å². The molecule has 0 bridgehead atoms. The Bertz CT molecular complexity index is 928. The van der Waals surface area contributed by atoms with Crippen LogP contribution in [0, 0.1) is 6.92 Å². The summed E-state index contributed by atoms with van der Waals surface area (Å²) >= 11 is 0. The van der Waals surface area contributed by atoms with Gasteiger partial charge in [-0.25, -0.2) is 4.79 Å². The number of aromatic nitrogens is 1. The van der Waals surface area contributed by atoms with E-state index in [9.17, 15) is 9.90 Å². The minimum atomic E-state index is -0.535. The number of carbonyl (C=O) groups excluding carboxylic acids is 1. The number of carbonyl (C=O) groups is 1. The molecule has 26 heavy (non-hydrogen) atoms. The molecule has 2 N–H and O–H groups in total. The molecule has 1 aromatic heterocycles. The van der Waals surface area contributed by atoms with Gasteiger partial charge in [0.2, 0.25) is 0 Å². The quantitative estimate of drug-likeness (QED) is 0.529. The van der Waals surface area contributed by atoms with Crippen LogP contribution in [0.5, 0.6) is 17.4 Å². The average Bonchev–Trinajstić information content (AvgIpc) is 2.94. The van der Waals surface area contributed by atoms with Crippen molar-refractivity contribution < 1.29 is 19.4 Å². The lowest BCUT2D eigenvalue weighted by Gasteiger charge is -2.05. The molecule has 0 unspecified atom stereocenters. The second kappa shape index (κ2) is 7.57. The highest BCUT2D eigenvalue weighted by Crippen LogP contribution is 2.26. The molecule has 0 saturated heterocycles. The molecule has 0 saturated carbocycles. The van der Waals surface area contributed by atoms with Crippen molar-refractivity contribution in [1.29, 1.82) is 0 Å². The molecule has 3 aromatic rings. The lowest BCUT2D eigenvalue weighted by Crippen LogP contribution is -2.04. The number of nitrogens with one attached hydrogen (secondary N) is 1. The van der Waals surface area contributed by atoms with Crippen molar-refractivity contribution in [2.24, 2.45) is 4.99 Å². The topological polar surface area (TPSA) is 83.9 Å². The molecule has 0 radical (unpaired) electrons. The Morgan fingerprint density at radius 3 is 2.38 bits per heavy atom. The number of hydrogen-bond acceptors (Lipinski definition) is 5. The second-order valence-electron chi connectivity index (χ2n) is 5.55. The summed E-state index contributed by atoms with van der Waals surface area (Å²) in [7, 11) is 1.29. The van der Waals surface area contributed by atoms with Gasteiger partial charge in [0.1, 0.15) is 11.5 Å². The Labute approximate surface area is 150 Å². The van der Waals surface area contributed by atoms with Gasteiger partial charge < -0.3 is 19.6 Å². The van der Waals surface area contributed by atoms with Crippen molar-refractivity contribution in [3.05, 3.63) is 71.4 Å². The summed E-state index contributed by atoms with van der Waals surface area (Å²) in [5, 5.41) is 9.97. The third-order valence-electron chi connectivity index (χ3n) is 3.75. The summed E-state index contributed by atoms with van der Waals surface area (Å²) in [5.41, 5.74) is 1.72. The van der Waals surface area contributed by atoms with E-state index >= 15 is 0 Å². The largest absolute Gasteiger partial charge is 0.494 e. The van der Waals surface area contributed by atoms with Crippen LogP contribution in [0.4, 0.5) is 5.69 Å². The minimum absolute atomic E-state index is 0.129. The van der Waals surface area contributed by atoms with E-state index in [0.717, 1.165) is 5.75 Å². The van der Waals surface area contributed by atoms with Gasteiger partial charge in [0, 0.05) is 11.9 Å². The van der Waals surface area contributed by atoms with Gasteiger partial charge in [0.15, 0.2) is 5.88 Å². The van der Waals surface area contributed by atoms with E-state index in [-0.39, 0.29) is 11.4 Å². The molecule has 132 valence electrons. The SMILES string of the molecule is COC(=O)c1c(C)[nH]c(O)c1C=Nc1ccc(Oc2ccccc2)cc1. The number of rotatable bonds is 5. The van der Waals surface area contributed by atoms with Crippen LogP contribution in [-0.2, 0) is 4.74 Å². The first-order valence-corrected chi connectivity index (χ1v) is 7.95. The molecule has 2 aromatic carbocycles. The van der Waals surface area contributed by atoms with Gasteiger partial charge in [0.05, 0.1) is 23.9 Å². The van der Waals surface area contributed by atoms with Crippen molar-refractivity contribution in [3.63, 3.8) is 0 Å². The van der Waals surface area contributed by atoms with E-state index in [1.54, 1.807) is 31.2 Å². The van der Waals surface area contributed by atoms with Crippen LogP contribution in [0.1, 0.15) is 21.6 Å². The fraction of sp³-hybridized carbons (Fsp3) is 0.100. The normalized spacial score (nSPS) is 10.8. The zero-order valence-corrected chi connectivity index (χ0v) is 14.4. The lowest BCUT2D eigenvalue weighted by molar-refractivity contribution is 0.0600. The number of aryl methyl sites for hydroxylation is 1. The number of methoxy groups -OCH3 is 1. The molecular weight excluding hydrogens is 332 g/mol. The van der Waals surface area contributed by atoms with Crippen molar-refractivity contribution in [3.8, 4) is 17.4 Å². The summed E-state index contributed by atoms with van der Waals surface area (Å²) in [6.07, 6.45) is 1.43. The number of aromatic amines is 1. The maximum atomic E-state index is 11.9. The highest BCUT2D eigenvalue weighted by molar-refractivity contribution is 6.02. The number of H-pyrrole nitrogens is 1. The van der Waals surface area contributed by atoms with Crippen molar-refractivity contribution >= 4 is 17.9 Å². The fourth-order valence-electron chi connectivity index (χ4n) is 2.48. The number of hydrogen-bond donors (Lipinski definition) is 2. The van der Waals surface area contributed by atoms with E-state index in [4.69, 9.17) is 9.47 Å². The van der Waals surface area contributed by atoms with Gasteiger partial charge in [-0.3, -0.25) is 4.99 Å². The molecule has 0 aliphatic carbocycles. The van der Waals surface area contributed by atoms with Crippen LogP contribution < -0.4 is 4.74 Å².